The van der Waals surface area contributed by atoms with E-state index in [9.17, 15) is 4.79 Å². The Morgan fingerprint density at radius 1 is 1.32 bits per heavy atom. The maximum Gasteiger partial charge on any atom is 0.407 e. The molecule has 0 spiro atoms. The third kappa shape index (κ3) is 4.35. The van der Waals surface area contributed by atoms with Gasteiger partial charge in [-0.1, -0.05) is 12.1 Å². The lowest BCUT2D eigenvalue weighted by atomic mass is 10.0. The highest BCUT2D eigenvalue weighted by Crippen LogP contribution is 2.16. The Bertz CT molecular complexity index is 470. The van der Waals surface area contributed by atoms with Gasteiger partial charge in [0.25, 0.3) is 0 Å². The average Bonchev–Trinajstić information content (AvgIpc) is 2.56. The fraction of sp³-hybridized carbons (Fsp3) is 0.562. The summed E-state index contributed by atoms with van der Waals surface area (Å²) in [7, 11) is 5.44. The van der Waals surface area contributed by atoms with Gasteiger partial charge in [-0.25, -0.2) is 4.79 Å². The van der Waals surface area contributed by atoms with Gasteiger partial charge >= 0.3 is 6.09 Å². The first-order valence-corrected chi connectivity index (χ1v) is 7.63. The molecule has 0 bridgehead atoms. The zero-order valence-electron chi connectivity index (χ0n) is 13.6. The maximum absolute atomic E-state index is 11.4. The fourth-order valence-corrected chi connectivity index (χ4v) is 2.74. The van der Waals surface area contributed by atoms with Crippen LogP contribution in [0.25, 0.3) is 0 Å². The van der Waals surface area contributed by atoms with Crippen molar-refractivity contribution in [3.63, 3.8) is 0 Å². The SMILES string of the molecule is COC(=O)NC[C@H](c1ccc(N(C)C)cc1)[NH+]1CCOCC1. The van der Waals surface area contributed by atoms with Crippen LogP contribution in [0.5, 0.6) is 0 Å². The number of carbonyl (C=O) groups excluding carboxylic acids is 1. The molecule has 2 N–H and O–H groups in total. The van der Waals surface area contributed by atoms with Crippen molar-refractivity contribution < 1.29 is 19.2 Å². The van der Waals surface area contributed by atoms with Gasteiger partial charge in [0.15, 0.2) is 0 Å². The predicted molar refractivity (Wildman–Crippen MR) is 85.4 cm³/mol. The van der Waals surface area contributed by atoms with Gasteiger partial charge in [0.1, 0.15) is 19.1 Å². The number of methoxy groups -OCH3 is 1. The number of quaternary nitrogens is 1. The lowest BCUT2D eigenvalue weighted by Gasteiger charge is -2.32. The van der Waals surface area contributed by atoms with E-state index in [0.29, 0.717) is 6.54 Å². The third-order valence-electron chi connectivity index (χ3n) is 4.08. The highest BCUT2D eigenvalue weighted by atomic mass is 16.5. The van der Waals surface area contributed by atoms with E-state index in [4.69, 9.17) is 4.74 Å². The van der Waals surface area contributed by atoms with E-state index in [1.54, 1.807) is 0 Å². The van der Waals surface area contributed by atoms with Crippen LogP contribution in [0.3, 0.4) is 0 Å². The van der Waals surface area contributed by atoms with Crippen LogP contribution in [0.1, 0.15) is 11.6 Å². The number of hydrogen-bond donors (Lipinski definition) is 2. The number of carbonyl (C=O) groups is 1. The number of hydrogen-bond acceptors (Lipinski definition) is 4. The molecule has 1 aromatic carbocycles. The van der Waals surface area contributed by atoms with E-state index in [0.717, 1.165) is 26.3 Å². The Hall–Kier alpha value is -1.79. The second-order valence-electron chi connectivity index (χ2n) is 5.68. The smallest absolute Gasteiger partial charge is 0.407 e. The van der Waals surface area contributed by atoms with Gasteiger partial charge < -0.3 is 24.6 Å². The van der Waals surface area contributed by atoms with E-state index in [1.807, 2.05) is 14.1 Å². The number of anilines is 1. The summed E-state index contributed by atoms with van der Waals surface area (Å²) in [5, 5.41) is 2.83. The molecular formula is C16H26N3O3+. The average molecular weight is 308 g/mol. The number of rotatable bonds is 5. The molecule has 22 heavy (non-hydrogen) atoms. The van der Waals surface area contributed by atoms with Crippen LogP contribution in [0.15, 0.2) is 24.3 Å². The predicted octanol–water partition coefficient (Wildman–Crippen LogP) is 0.0648. The van der Waals surface area contributed by atoms with Gasteiger partial charge in [-0.2, -0.15) is 0 Å². The van der Waals surface area contributed by atoms with Crippen molar-refractivity contribution in [3.8, 4) is 0 Å². The first kappa shape index (κ1) is 16.6. The van der Waals surface area contributed by atoms with Crippen LogP contribution in [0, 0.1) is 0 Å². The Morgan fingerprint density at radius 2 is 1.95 bits per heavy atom. The fourth-order valence-electron chi connectivity index (χ4n) is 2.74. The highest BCUT2D eigenvalue weighted by molar-refractivity contribution is 5.66. The minimum atomic E-state index is -0.387. The Morgan fingerprint density at radius 3 is 2.50 bits per heavy atom. The van der Waals surface area contributed by atoms with E-state index in [1.165, 1.54) is 23.3 Å². The number of amides is 1. The molecule has 1 heterocycles. The van der Waals surface area contributed by atoms with Crippen molar-refractivity contribution in [2.75, 3.05) is 59.0 Å². The van der Waals surface area contributed by atoms with Crippen molar-refractivity contribution in [3.05, 3.63) is 29.8 Å². The maximum atomic E-state index is 11.4. The number of nitrogens with one attached hydrogen (secondary N) is 2. The van der Waals surface area contributed by atoms with Gasteiger partial charge in [-0.05, 0) is 12.1 Å². The van der Waals surface area contributed by atoms with E-state index < -0.39 is 0 Å². The molecule has 0 unspecified atom stereocenters. The van der Waals surface area contributed by atoms with Crippen LogP contribution in [-0.2, 0) is 9.47 Å². The Balaban J connectivity index is 2.12. The van der Waals surface area contributed by atoms with Crippen LogP contribution in [0.4, 0.5) is 10.5 Å². The molecular weight excluding hydrogens is 282 g/mol. The molecule has 0 saturated carbocycles. The summed E-state index contributed by atoms with van der Waals surface area (Å²) >= 11 is 0. The molecule has 1 atom stereocenters. The molecule has 6 nitrogen and oxygen atoms in total. The third-order valence-corrected chi connectivity index (χ3v) is 4.08. The molecule has 2 rings (SSSR count). The van der Waals surface area contributed by atoms with Crippen molar-refractivity contribution in [1.82, 2.24) is 5.32 Å². The van der Waals surface area contributed by atoms with Crippen LogP contribution in [-0.4, -0.2) is 60.1 Å². The highest BCUT2D eigenvalue weighted by Gasteiger charge is 2.27. The zero-order valence-corrected chi connectivity index (χ0v) is 13.6. The van der Waals surface area contributed by atoms with E-state index >= 15 is 0 Å². The molecule has 1 amide bonds. The molecule has 0 radical (unpaired) electrons. The number of alkyl carbamates (subject to hydrolysis) is 1. The van der Waals surface area contributed by atoms with Gasteiger partial charge in [0, 0.05) is 25.3 Å². The van der Waals surface area contributed by atoms with Gasteiger partial charge in [0.2, 0.25) is 0 Å². The summed E-state index contributed by atoms with van der Waals surface area (Å²) in [6.45, 7) is 3.98. The summed E-state index contributed by atoms with van der Waals surface area (Å²) in [6.07, 6.45) is -0.387. The molecule has 1 aromatic rings. The van der Waals surface area contributed by atoms with Gasteiger partial charge in [-0.3, -0.25) is 0 Å². The molecule has 122 valence electrons. The van der Waals surface area contributed by atoms with E-state index in [2.05, 4.69) is 39.2 Å². The van der Waals surface area contributed by atoms with E-state index in [-0.39, 0.29) is 12.1 Å². The molecule has 0 aliphatic carbocycles. The lowest BCUT2D eigenvalue weighted by Crippen LogP contribution is -3.15. The van der Waals surface area contributed by atoms with Crippen molar-refractivity contribution >= 4 is 11.8 Å². The second-order valence-corrected chi connectivity index (χ2v) is 5.68. The summed E-state index contributed by atoms with van der Waals surface area (Å²) in [5.41, 5.74) is 2.39. The quantitative estimate of drug-likeness (QED) is 0.808. The molecule has 1 saturated heterocycles. The zero-order chi connectivity index (χ0) is 15.9. The lowest BCUT2D eigenvalue weighted by molar-refractivity contribution is -0.937. The van der Waals surface area contributed by atoms with Gasteiger partial charge in [-0.15, -0.1) is 0 Å². The number of nitrogens with zero attached hydrogens (tertiary/aromatic N) is 1. The van der Waals surface area contributed by atoms with Gasteiger partial charge in [0.05, 0.1) is 26.9 Å². The van der Waals surface area contributed by atoms with Crippen molar-refractivity contribution in [2.45, 2.75) is 6.04 Å². The van der Waals surface area contributed by atoms with Crippen LogP contribution in [0.2, 0.25) is 0 Å². The van der Waals surface area contributed by atoms with Crippen molar-refractivity contribution in [1.29, 1.82) is 0 Å². The van der Waals surface area contributed by atoms with Crippen molar-refractivity contribution in [2.24, 2.45) is 0 Å². The Kier molecular flexibility index (Phi) is 6.03. The number of morpholine rings is 1. The second kappa shape index (κ2) is 8.00. The normalized spacial score (nSPS) is 16.9. The first-order chi connectivity index (χ1) is 10.6. The summed E-state index contributed by atoms with van der Waals surface area (Å²) < 4.78 is 10.1. The standard InChI is InChI=1S/C16H25N3O3/c1-18(2)14-6-4-13(5-7-14)15(12-17-16(20)21-3)19-8-10-22-11-9-19/h4-7,15H,8-12H2,1-3H3,(H,17,20)/p+1/t15-/m1/s1. The van der Waals surface area contributed by atoms with Crippen LogP contribution < -0.4 is 15.1 Å². The number of ether oxygens (including phenoxy) is 2. The summed E-state index contributed by atoms with van der Waals surface area (Å²) in [4.78, 5) is 14.9. The summed E-state index contributed by atoms with van der Waals surface area (Å²) in [5.74, 6) is 0. The summed E-state index contributed by atoms with van der Waals surface area (Å²) in [6, 6.07) is 8.71. The largest absolute Gasteiger partial charge is 0.453 e. The molecule has 1 aliphatic rings. The number of benzene rings is 1. The topological polar surface area (TPSA) is 55.2 Å². The minimum absolute atomic E-state index is 0.208. The minimum Gasteiger partial charge on any atom is -0.453 e. The molecule has 1 aliphatic heterocycles. The first-order valence-electron chi connectivity index (χ1n) is 7.63. The Labute approximate surface area is 132 Å². The molecule has 0 aromatic heterocycles. The molecule has 1 fully saturated rings. The van der Waals surface area contributed by atoms with Crippen LogP contribution >= 0.6 is 0 Å². The monoisotopic (exact) mass is 308 g/mol. The molecule has 6 heteroatoms.